The van der Waals surface area contributed by atoms with Crippen molar-refractivity contribution < 1.29 is 29.0 Å². The third-order valence-electron chi connectivity index (χ3n) is 4.02. The van der Waals surface area contributed by atoms with Crippen LogP contribution in [-0.2, 0) is 9.47 Å². The zero-order chi connectivity index (χ0) is 21.1. The zero-order valence-electron chi connectivity index (χ0n) is 16.2. The SMILES string of the molecule is COC(=O)c1cc(Cl)c(N2CCN(C(=O)O)CC2)cc1NC(=O)OC(C)(C)C. The molecule has 0 atom stereocenters. The Balaban J connectivity index is 2.31. The molecule has 10 heteroatoms. The lowest BCUT2D eigenvalue weighted by atomic mass is 10.1. The summed E-state index contributed by atoms with van der Waals surface area (Å²) in [6.45, 7) is 6.67. The normalized spacial score (nSPS) is 14.5. The molecule has 1 aromatic rings. The van der Waals surface area contributed by atoms with E-state index in [9.17, 15) is 14.4 Å². The van der Waals surface area contributed by atoms with Crippen molar-refractivity contribution in [3.05, 3.63) is 22.7 Å². The van der Waals surface area contributed by atoms with E-state index in [4.69, 9.17) is 26.2 Å². The second-order valence-corrected chi connectivity index (χ2v) is 7.63. The lowest BCUT2D eigenvalue weighted by Gasteiger charge is -2.35. The Morgan fingerprint density at radius 3 is 2.25 bits per heavy atom. The molecule has 154 valence electrons. The summed E-state index contributed by atoms with van der Waals surface area (Å²) >= 11 is 6.35. The Labute approximate surface area is 168 Å². The molecule has 2 amide bonds. The molecule has 9 nitrogen and oxygen atoms in total. The molecule has 2 N–H and O–H groups in total. The van der Waals surface area contributed by atoms with E-state index in [1.165, 1.54) is 18.1 Å². The summed E-state index contributed by atoms with van der Waals surface area (Å²) in [6.07, 6.45) is -1.69. The first-order valence-electron chi connectivity index (χ1n) is 8.66. The van der Waals surface area contributed by atoms with Crippen LogP contribution in [0.2, 0.25) is 5.02 Å². The Kier molecular flexibility index (Phi) is 6.60. The van der Waals surface area contributed by atoms with Crippen molar-refractivity contribution in [3.63, 3.8) is 0 Å². The van der Waals surface area contributed by atoms with Gasteiger partial charge in [-0.05, 0) is 32.9 Å². The van der Waals surface area contributed by atoms with Crippen molar-refractivity contribution >= 4 is 41.1 Å². The number of ether oxygens (including phenoxy) is 2. The van der Waals surface area contributed by atoms with Gasteiger partial charge in [0, 0.05) is 26.2 Å². The molecule has 2 rings (SSSR count). The number of piperazine rings is 1. The number of halogens is 1. The monoisotopic (exact) mass is 413 g/mol. The minimum atomic E-state index is -0.973. The van der Waals surface area contributed by atoms with E-state index >= 15 is 0 Å². The Bertz CT molecular complexity index is 769. The summed E-state index contributed by atoms with van der Waals surface area (Å²) in [5, 5.41) is 11.9. The Morgan fingerprint density at radius 1 is 1.14 bits per heavy atom. The van der Waals surface area contributed by atoms with E-state index in [1.807, 2.05) is 4.90 Å². The van der Waals surface area contributed by atoms with Crippen LogP contribution in [0.5, 0.6) is 0 Å². The molecule has 1 aliphatic heterocycles. The second kappa shape index (κ2) is 8.55. The van der Waals surface area contributed by atoms with E-state index in [1.54, 1.807) is 26.8 Å². The van der Waals surface area contributed by atoms with Crippen LogP contribution in [0.1, 0.15) is 31.1 Å². The molecule has 1 heterocycles. The van der Waals surface area contributed by atoms with Gasteiger partial charge in [0.25, 0.3) is 0 Å². The van der Waals surface area contributed by atoms with Gasteiger partial charge in [-0.2, -0.15) is 0 Å². The highest BCUT2D eigenvalue weighted by Crippen LogP contribution is 2.33. The summed E-state index contributed by atoms with van der Waals surface area (Å²) in [5.41, 5.74) is 0.149. The molecule has 1 fully saturated rings. The van der Waals surface area contributed by atoms with E-state index in [-0.39, 0.29) is 11.3 Å². The van der Waals surface area contributed by atoms with Crippen LogP contribution in [0.15, 0.2) is 12.1 Å². The first-order chi connectivity index (χ1) is 13.0. The van der Waals surface area contributed by atoms with Crippen LogP contribution in [-0.4, -0.2) is 67.1 Å². The molecule has 1 saturated heterocycles. The number of methoxy groups -OCH3 is 1. The van der Waals surface area contributed by atoms with Gasteiger partial charge >= 0.3 is 18.2 Å². The largest absolute Gasteiger partial charge is 0.465 e. The number of carboxylic acid groups (broad SMARTS) is 1. The fourth-order valence-corrected chi connectivity index (χ4v) is 3.02. The lowest BCUT2D eigenvalue weighted by molar-refractivity contribution is 0.0601. The number of carbonyl (C=O) groups is 3. The fraction of sp³-hybridized carbons (Fsp3) is 0.500. The van der Waals surface area contributed by atoms with Gasteiger partial charge in [0.2, 0.25) is 0 Å². The van der Waals surface area contributed by atoms with Crippen molar-refractivity contribution in [2.75, 3.05) is 43.5 Å². The molecule has 0 spiro atoms. The number of rotatable bonds is 3. The highest BCUT2D eigenvalue weighted by molar-refractivity contribution is 6.34. The maximum atomic E-state index is 12.2. The standard InChI is InChI=1S/C18H24ClN3O6/c1-18(2,3)28-16(24)20-13-10-14(12(19)9-11(13)15(23)27-4)21-5-7-22(8-6-21)17(25)26/h9-10H,5-8H2,1-4H3,(H,20,24)(H,25,26). The fourth-order valence-electron chi connectivity index (χ4n) is 2.74. The minimum Gasteiger partial charge on any atom is -0.465 e. The highest BCUT2D eigenvalue weighted by Gasteiger charge is 2.25. The summed E-state index contributed by atoms with van der Waals surface area (Å²) in [4.78, 5) is 38.6. The van der Waals surface area contributed by atoms with Crippen molar-refractivity contribution in [1.29, 1.82) is 0 Å². The first kappa shape index (κ1) is 21.6. The maximum Gasteiger partial charge on any atom is 0.412 e. The van der Waals surface area contributed by atoms with E-state index < -0.39 is 23.8 Å². The van der Waals surface area contributed by atoms with Crippen molar-refractivity contribution in [3.8, 4) is 0 Å². The van der Waals surface area contributed by atoms with Gasteiger partial charge < -0.3 is 24.4 Å². The molecule has 0 aliphatic carbocycles. The lowest BCUT2D eigenvalue weighted by Crippen LogP contribution is -2.48. The van der Waals surface area contributed by atoms with Gasteiger partial charge in [-0.3, -0.25) is 5.32 Å². The van der Waals surface area contributed by atoms with E-state index in [2.05, 4.69) is 5.32 Å². The third kappa shape index (κ3) is 5.41. The Morgan fingerprint density at radius 2 is 1.75 bits per heavy atom. The van der Waals surface area contributed by atoms with Crippen molar-refractivity contribution in [2.24, 2.45) is 0 Å². The van der Waals surface area contributed by atoms with Gasteiger partial charge in [-0.15, -0.1) is 0 Å². The first-order valence-corrected chi connectivity index (χ1v) is 9.04. The number of hydrogen-bond donors (Lipinski definition) is 2. The van der Waals surface area contributed by atoms with Gasteiger partial charge in [0.1, 0.15) is 5.60 Å². The van der Waals surface area contributed by atoms with Gasteiger partial charge in [0.15, 0.2) is 0 Å². The number of amides is 2. The third-order valence-corrected chi connectivity index (χ3v) is 4.32. The number of hydrogen-bond acceptors (Lipinski definition) is 6. The van der Waals surface area contributed by atoms with Crippen LogP contribution in [0.25, 0.3) is 0 Å². The number of nitrogens with one attached hydrogen (secondary N) is 1. The van der Waals surface area contributed by atoms with Crippen LogP contribution in [0, 0.1) is 0 Å². The molecule has 0 radical (unpaired) electrons. The minimum absolute atomic E-state index is 0.0891. The van der Waals surface area contributed by atoms with Crippen LogP contribution >= 0.6 is 11.6 Å². The van der Waals surface area contributed by atoms with Crippen LogP contribution in [0.4, 0.5) is 21.0 Å². The summed E-state index contributed by atoms with van der Waals surface area (Å²) in [6, 6.07) is 2.98. The molecular weight excluding hydrogens is 390 g/mol. The van der Waals surface area contributed by atoms with Crippen LogP contribution in [0.3, 0.4) is 0 Å². The molecule has 0 bridgehead atoms. The predicted octanol–water partition coefficient (Wildman–Crippen LogP) is 3.27. The number of benzene rings is 1. The maximum absolute atomic E-state index is 12.2. The summed E-state index contributed by atoms with van der Waals surface area (Å²) < 4.78 is 10.0. The molecule has 0 unspecified atom stereocenters. The second-order valence-electron chi connectivity index (χ2n) is 7.22. The topological polar surface area (TPSA) is 108 Å². The average Bonchev–Trinajstić information content (AvgIpc) is 2.60. The number of nitrogens with zero attached hydrogens (tertiary/aromatic N) is 2. The summed E-state index contributed by atoms with van der Waals surface area (Å²) in [5.74, 6) is -0.657. The van der Waals surface area contributed by atoms with E-state index in [0.717, 1.165) is 0 Å². The molecule has 1 aliphatic rings. The zero-order valence-corrected chi connectivity index (χ0v) is 17.0. The molecule has 28 heavy (non-hydrogen) atoms. The average molecular weight is 414 g/mol. The molecule has 1 aromatic carbocycles. The highest BCUT2D eigenvalue weighted by atomic mass is 35.5. The number of anilines is 2. The van der Waals surface area contributed by atoms with E-state index in [0.29, 0.717) is 36.9 Å². The van der Waals surface area contributed by atoms with Crippen molar-refractivity contribution in [1.82, 2.24) is 4.90 Å². The molecular formula is C18H24ClN3O6. The summed E-state index contributed by atoms with van der Waals surface area (Å²) in [7, 11) is 1.23. The molecule has 0 saturated carbocycles. The van der Waals surface area contributed by atoms with Gasteiger partial charge in [-0.25, -0.2) is 14.4 Å². The quantitative estimate of drug-likeness (QED) is 0.732. The number of carbonyl (C=O) groups excluding carboxylic acids is 2. The van der Waals surface area contributed by atoms with Gasteiger partial charge in [-0.1, -0.05) is 11.6 Å². The predicted molar refractivity (Wildman–Crippen MR) is 104 cm³/mol. The van der Waals surface area contributed by atoms with Crippen molar-refractivity contribution in [2.45, 2.75) is 26.4 Å². The Hall–Kier alpha value is -2.68. The van der Waals surface area contributed by atoms with Gasteiger partial charge in [0.05, 0.1) is 29.1 Å². The molecule has 0 aromatic heterocycles. The number of esters is 1. The smallest absolute Gasteiger partial charge is 0.412 e. The van der Waals surface area contributed by atoms with Crippen LogP contribution < -0.4 is 10.2 Å².